The van der Waals surface area contributed by atoms with E-state index in [9.17, 15) is 9.59 Å². The predicted molar refractivity (Wildman–Crippen MR) is 122 cm³/mol. The van der Waals surface area contributed by atoms with Crippen molar-refractivity contribution in [1.82, 2.24) is 0 Å². The Morgan fingerprint density at radius 1 is 0.774 bits per heavy atom. The van der Waals surface area contributed by atoms with Crippen LogP contribution >= 0.6 is 0 Å². The highest BCUT2D eigenvalue weighted by atomic mass is 16.5. The van der Waals surface area contributed by atoms with Crippen LogP contribution in [0.4, 0.5) is 0 Å². The Morgan fingerprint density at radius 3 is 1.84 bits per heavy atom. The Bertz CT molecular complexity index is 498. The van der Waals surface area contributed by atoms with Gasteiger partial charge >= 0.3 is 11.9 Å². The highest BCUT2D eigenvalue weighted by Gasteiger charge is 2.23. The summed E-state index contributed by atoms with van der Waals surface area (Å²) in [6.07, 6.45) is 12.8. The van der Waals surface area contributed by atoms with Crippen LogP contribution in [0.3, 0.4) is 0 Å². The highest BCUT2D eigenvalue weighted by Crippen LogP contribution is 2.22. The third-order valence-corrected chi connectivity index (χ3v) is 7.19. The van der Waals surface area contributed by atoms with Crippen LogP contribution in [0.5, 0.6) is 0 Å². The lowest BCUT2D eigenvalue weighted by Gasteiger charge is -2.30. The van der Waals surface area contributed by atoms with Crippen molar-refractivity contribution in [2.45, 2.75) is 84.0 Å². The minimum absolute atomic E-state index is 0.133. The number of piperidine rings is 2. The summed E-state index contributed by atoms with van der Waals surface area (Å²) in [7, 11) is 2.32. The van der Waals surface area contributed by atoms with Crippen molar-refractivity contribution >= 4 is 11.9 Å². The normalized spacial score (nSPS) is 26.4. The van der Waals surface area contributed by atoms with Crippen molar-refractivity contribution in [3.8, 4) is 0 Å². The molecule has 0 unspecified atom stereocenters. The van der Waals surface area contributed by atoms with Crippen molar-refractivity contribution in [3.05, 3.63) is 0 Å². The number of rotatable bonds is 14. The summed E-state index contributed by atoms with van der Waals surface area (Å²) >= 11 is 0. The molecule has 0 spiro atoms. The van der Waals surface area contributed by atoms with Gasteiger partial charge in [-0.3, -0.25) is 9.59 Å². The first kappa shape index (κ1) is 26.1. The van der Waals surface area contributed by atoms with E-state index >= 15 is 0 Å². The summed E-state index contributed by atoms with van der Waals surface area (Å²) in [5, 5.41) is 0. The van der Waals surface area contributed by atoms with Crippen molar-refractivity contribution in [3.63, 3.8) is 0 Å². The lowest BCUT2D eigenvalue weighted by Crippen LogP contribution is -3.13. The van der Waals surface area contributed by atoms with Crippen LogP contribution < -0.4 is 9.80 Å². The molecule has 0 aromatic heterocycles. The van der Waals surface area contributed by atoms with E-state index < -0.39 is 0 Å². The average Bonchev–Trinajstić information content (AvgIpc) is 2.78. The summed E-state index contributed by atoms with van der Waals surface area (Å²) in [4.78, 5) is 26.6. The molecule has 0 saturated carbocycles. The number of ether oxygens (including phenoxy) is 2. The van der Waals surface area contributed by atoms with E-state index in [2.05, 4.69) is 7.05 Å². The van der Waals surface area contributed by atoms with E-state index in [-0.39, 0.29) is 11.9 Å². The van der Waals surface area contributed by atoms with Gasteiger partial charge in [0.25, 0.3) is 0 Å². The van der Waals surface area contributed by atoms with Crippen LogP contribution in [-0.2, 0) is 19.1 Å². The van der Waals surface area contributed by atoms with Crippen LogP contribution in [0.2, 0.25) is 0 Å². The van der Waals surface area contributed by atoms with Gasteiger partial charge in [-0.05, 0) is 56.8 Å². The number of carbonyl (C=O) groups is 2. The van der Waals surface area contributed by atoms with Crippen LogP contribution in [0, 0.1) is 11.8 Å². The summed E-state index contributed by atoms with van der Waals surface area (Å²) in [6, 6.07) is 0. The maximum Gasteiger partial charge on any atom is 0.305 e. The van der Waals surface area contributed by atoms with Crippen molar-refractivity contribution in [1.29, 1.82) is 0 Å². The van der Waals surface area contributed by atoms with Crippen molar-refractivity contribution in [2.24, 2.45) is 11.8 Å². The molecule has 0 aromatic carbocycles. The van der Waals surface area contributed by atoms with Gasteiger partial charge in [0.15, 0.2) is 0 Å². The van der Waals surface area contributed by atoms with Gasteiger partial charge in [-0.2, -0.15) is 0 Å². The Balaban J connectivity index is 1.41. The monoisotopic (exact) mass is 440 g/mol. The molecule has 2 rings (SSSR count). The van der Waals surface area contributed by atoms with E-state index in [0.717, 1.165) is 24.8 Å². The molecule has 2 fully saturated rings. The second-order valence-corrected chi connectivity index (χ2v) is 9.92. The van der Waals surface area contributed by atoms with Gasteiger partial charge in [0, 0.05) is 12.8 Å². The fraction of sp³-hybridized carbons (Fsp3) is 0.920. The second kappa shape index (κ2) is 15.6. The van der Waals surface area contributed by atoms with E-state index in [0.29, 0.717) is 38.9 Å². The number of quaternary nitrogens is 2. The number of nitrogens with one attached hydrogen (secondary N) is 2. The molecule has 180 valence electrons. The third-order valence-electron chi connectivity index (χ3n) is 7.19. The van der Waals surface area contributed by atoms with Gasteiger partial charge in [0.2, 0.25) is 0 Å². The number of hydrogen-bond acceptors (Lipinski definition) is 4. The van der Waals surface area contributed by atoms with Gasteiger partial charge in [-0.25, -0.2) is 0 Å². The second-order valence-electron chi connectivity index (χ2n) is 9.92. The van der Waals surface area contributed by atoms with E-state index in [1.54, 1.807) is 9.80 Å². The third kappa shape index (κ3) is 11.9. The fourth-order valence-corrected chi connectivity index (χ4v) is 4.99. The molecule has 0 aliphatic carbocycles. The van der Waals surface area contributed by atoms with Crippen LogP contribution in [0.15, 0.2) is 0 Å². The zero-order valence-corrected chi connectivity index (χ0v) is 20.2. The molecule has 0 aromatic rings. The van der Waals surface area contributed by atoms with E-state index in [1.807, 2.05) is 6.92 Å². The molecule has 31 heavy (non-hydrogen) atoms. The molecule has 0 amide bonds. The maximum atomic E-state index is 11.9. The predicted octanol–water partition coefficient (Wildman–Crippen LogP) is 1.43. The molecular formula is C25H48N2O4+2. The first-order valence-electron chi connectivity index (χ1n) is 13.0. The summed E-state index contributed by atoms with van der Waals surface area (Å²) < 4.78 is 10.4. The minimum atomic E-state index is -0.162. The SMILES string of the molecule is CCCOC(=O)CCCCC(=O)OCC[NH+]1CCC(CCCC2CC[NH+](C)CC2)CC1. The molecule has 2 aliphatic rings. The van der Waals surface area contributed by atoms with E-state index in [4.69, 9.17) is 9.47 Å². The first-order chi connectivity index (χ1) is 15.1. The number of carbonyl (C=O) groups excluding carboxylic acids is 2. The molecule has 0 radical (unpaired) electrons. The van der Waals surface area contributed by atoms with Crippen molar-refractivity contribution in [2.75, 3.05) is 53.0 Å². The Labute approximate surface area is 190 Å². The minimum Gasteiger partial charge on any atom is -0.466 e. The smallest absolute Gasteiger partial charge is 0.305 e. The lowest BCUT2D eigenvalue weighted by molar-refractivity contribution is -0.906. The van der Waals surface area contributed by atoms with Crippen LogP contribution in [0.1, 0.15) is 84.0 Å². The average molecular weight is 441 g/mol. The summed E-state index contributed by atoms with van der Waals surface area (Å²) in [6.45, 7) is 9.09. The van der Waals surface area contributed by atoms with Gasteiger partial charge in [-0.15, -0.1) is 0 Å². The Kier molecular flexibility index (Phi) is 13.2. The van der Waals surface area contributed by atoms with Gasteiger partial charge in [0.05, 0.1) is 39.8 Å². The fourth-order valence-electron chi connectivity index (χ4n) is 4.99. The van der Waals surface area contributed by atoms with Gasteiger partial charge in [0.1, 0.15) is 13.2 Å². The molecule has 6 heteroatoms. The number of unbranched alkanes of at least 4 members (excludes halogenated alkanes) is 1. The highest BCUT2D eigenvalue weighted by molar-refractivity contribution is 5.70. The molecule has 2 aliphatic heterocycles. The lowest BCUT2D eigenvalue weighted by atomic mass is 9.87. The zero-order valence-electron chi connectivity index (χ0n) is 20.2. The van der Waals surface area contributed by atoms with Crippen LogP contribution in [-0.4, -0.2) is 64.9 Å². The molecular weight excluding hydrogens is 392 g/mol. The molecule has 2 N–H and O–H groups in total. The number of likely N-dealkylation sites (tertiary alicyclic amines) is 2. The summed E-state index contributed by atoms with van der Waals surface area (Å²) in [5.41, 5.74) is 0. The van der Waals surface area contributed by atoms with Crippen molar-refractivity contribution < 1.29 is 28.9 Å². The van der Waals surface area contributed by atoms with Gasteiger partial charge < -0.3 is 19.3 Å². The largest absolute Gasteiger partial charge is 0.466 e. The Hall–Kier alpha value is -1.14. The first-order valence-corrected chi connectivity index (χ1v) is 13.0. The molecule has 0 atom stereocenters. The molecule has 6 nitrogen and oxygen atoms in total. The number of hydrogen-bond donors (Lipinski definition) is 2. The van der Waals surface area contributed by atoms with Gasteiger partial charge in [-0.1, -0.05) is 26.2 Å². The topological polar surface area (TPSA) is 61.5 Å². The number of esters is 2. The molecule has 2 saturated heterocycles. The quantitative estimate of drug-likeness (QED) is 0.317. The van der Waals surface area contributed by atoms with E-state index in [1.165, 1.54) is 71.1 Å². The molecule has 2 heterocycles. The summed E-state index contributed by atoms with van der Waals surface area (Å²) in [5.74, 6) is 1.60. The Morgan fingerprint density at radius 2 is 1.29 bits per heavy atom. The zero-order chi connectivity index (χ0) is 22.3. The maximum absolute atomic E-state index is 11.9. The standard InChI is InChI=1S/C25H46N2O4/c1-3-20-30-24(28)9-4-5-10-25(29)31-21-19-27-17-13-23(14-18-27)8-6-7-22-11-15-26(2)16-12-22/h22-23H,3-21H2,1-2H3/p+2. The molecule has 0 bridgehead atoms. The van der Waals surface area contributed by atoms with Crippen LogP contribution in [0.25, 0.3) is 0 Å².